The first-order valence-corrected chi connectivity index (χ1v) is 11.4. The average Bonchev–Trinajstić information content (AvgIpc) is 3.49. The van der Waals surface area contributed by atoms with Crippen LogP contribution < -0.4 is 11.3 Å². The number of nitrogens with zero attached hydrogens (tertiary/aromatic N) is 5. The minimum atomic E-state index is 0.0817. The Morgan fingerprint density at radius 2 is 2.10 bits per heavy atom. The lowest BCUT2D eigenvalue weighted by Gasteiger charge is -2.20. The van der Waals surface area contributed by atoms with Gasteiger partial charge in [0.05, 0.1) is 20.8 Å². The van der Waals surface area contributed by atoms with E-state index in [1.54, 1.807) is 10.9 Å². The number of hydrogen-bond acceptors (Lipinski definition) is 5. The number of anilines is 1. The van der Waals surface area contributed by atoms with Crippen LogP contribution in [0.25, 0.3) is 21.9 Å². The molecule has 8 heteroatoms. The SMILES string of the molecule is C[C@H](Cc1nc(N)ncc1I)c1cc2cccc(-c3cnn(C)c3)c2c(=O)n1C1CC1. The predicted molar refractivity (Wildman–Crippen MR) is 130 cm³/mol. The van der Waals surface area contributed by atoms with Crippen LogP contribution in [0.1, 0.15) is 43.1 Å². The summed E-state index contributed by atoms with van der Waals surface area (Å²) >= 11 is 2.24. The van der Waals surface area contributed by atoms with E-state index in [-0.39, 0.29) is 23.5 Å². The number of fused-ring (bicyclic) bond motifs is 1. The van der Waals surface area contributed by atoms with Crippen LogP contribution in [0.4, 0.5) is 5.95 Å². The summed E-state index contributed by atoms with van der Waals surface area (Å²) in [6.07, 6.45) is 8.29. The Kier molecular flexibility index (Phi) is 5.04. The Balaban J connectivity index is 1.66. The minimum absolute atomic E-state index is 0.0817. The van der Waals surface area contributed by atoms with Crippen molar-refractivity contribution in [2.24, 2.45) is 7.05 Å². The van der Waals surface area contributed by atoms with Crippen LogP contribution >= 0.6 is 22.6 Å². The number of benzene rings is 1. The van der Waals surface area contributed by atoms with Crippen LogP contribution in [0.5, 0.6) is 0 Å². The Bertz CT molecular complexity index is 1350. The van der Waals surface area contributed by atoms with E-state index in [4.69, 9.17) is 5.73 Å². The van der Waals surface area contributed by atoms with Crippen molar-refractivity contribution < 1.29 is 0 Å². The molecule has 5 rings (SSSR count). The van der Waals surface area contributed by atoms with Gasteiger partial charge >= 0.3 is 0 Å². The zero-order chi connectivity index (χ0) is 21.7. The molecule has 1 aromatic carbocycles. The van der Waals surface area contributed by atoms with E-state index >= 15 is 0 Å². The van der Waals surface area contributed by atoms with Crippen LogP contribution in [0, 0.1) is 3.57 Å². The summed E-state index contributed by atoms with van der Waals surface area (Å²) in [5.41, 5.74) is 9.76. The van der Waals surface area contributed by atoms with Gasteiger partial charge in [0.25, 0.3) is 5.56 Å². The van der Waals surface area contributed by atoms with E-state index in [0.29, 0.717) is 6.42 Å². The summed E-state index contributed by atoms with van der Waals surface area (Å²) < 4.78 is 4.77. The molecule has 158 valence electrons. The van der Waals surface area contributed by atoms with Gasteiger partial charge in [-0.1, -0.05) is 25.1 Å². The molecule has 4 aromatic rings. The third-order valence-corrected chi connectivity index (χ3v) is 6.78. The first-order valence-electron chi connectivity index (χ1n) is 10.4. The Hall–Kier alpha value is -2.75. The molecule has 3 aromatic heterocycles. The van der Waals surface area contributed by atoms with Crippen LogP contribution in [-0.2, 0) is 13.5 Å². The summed E-state index contributed by atoms with van der Waals surface area (Å²) in [6, 6.07) is 8.49. The molecular formula is C23H23IN6O. The van der Waals surface area contributed by atoms with E-state index in [2.05, 4.69) is 50.6 Å². The Morgan fingerprint density at radius 1 is 1.29 bits per heavy atom. The summed E-state index contributed by atoms with van der Waals surface area (Å²) in [6.45, 7) is 2.15. The van der Waals surface area contributed by atoms with E-state index in [1.807, 2.05) is 42.2 Å². The largest absolute Gasteiger partial charge is 0.368 e. The molecular weight excluding hydrogens is 503 g/mol. The second-order valence-corrected chi connectivity index (χ2v) is 9.44. The highest BCUT2D eigenvalue weighted by Gasteiger charge is 2.30. The van der Waals surface area contributed by atoms with Gasteiger partial charge in [-0.15, -0.1) is 0 Å². The topological polar surface area (TPSA) is 91.6 Å². The summed E-state index contributed by atoms with van der Waals surface area (Å²) in [5, 5.41) is 6.02. The van der Waals surface area contributed by atoms with Crippen molar-refractivity contribution in [1.82, 2.24) is 24.3 Å². The molecule has 1 saturated carbocycles. The highest BCUT2D eigenvalue weighted by molar-refractivity contribution is 14.1. The molecule has 1 aliphatic carbocycles. The molecule has 0 spiro atoms. The van der Waals surface area contributed by atoms with Gasteiger partial charge in [-0.2, -0.15) is 5.10 Å². The second-order valence-electron chi connectivity index (χ2n) is 8.28. The third kappa shape index (κ3) is 3.73. The molecule has 0 bridgehead atoms. The summed E-state index contributed by atoms with van der Waals surface area (Å²) in [7, 11) is 1.89. The number of hydrogen-bond donors (Lipinski definition) is 1. The predicted octanol–water partition coefficient (Wildman–Crippen LogP) is 4.06. The number of nitrogens with two attached hydrogens (primary N) is 1. The number of rotatable bonds is 5. The molecule has 1 aliphatic rings. The molecule has 1 atom stereocenters. The maximum Gasteiger partial charge on any atom is 0.259 e. The minimum Gasteiger partial charge on any atom is -0.368 e. The van der Waals surface area contributed by atoms with Gasteiger partial charge in [-0.25, -0.2) is 9.97 Å². The molecule has 1 fully saturated rings. The molecule has 0 unspecified atom stereocenters. The molecule has 0 saturated heterocycles. The second kappa shape index (κ2) is 7.74. The number of pyridine rings is 1. The molecule has 7 nitrogen and oxygen atoms in total. The van der Waals surface area contributed by atoms with Gasteiger partial charge in [-0.3, -0.25) is 9.48 Å². The van der Waals surface area contributed by atoms with Crippen LogP contribution in [-0.4, -0.2) is 24.3 Å². The number of aryl methyl sites for hydroxylation is 1. The standard InChI is InChI=1S/C23H23IN6O/c1-13(8-19-18(24)11-26-23(25)28-19)20-9-14-4-3-5-17(15-10-27-29(2)12-15)21(14)22(31)30(20)16-6-7-16/h3-5,9-13,16H,6-8H2,1-2H3,(H2,25,26,28)/t13-/m1/s1. The van der Waals surface area contributed by atoms with E-state index < -0.39 is 0 Å². The fourth-order valence-corrected chi connectivity index (χ4v) is 4.72. The maximum atomic E-state index is 13.8. The van der Waals surface area contributed by atoms with Gasteiger partial charge in [0.2, 0.25) is 5.95 Å². The van der Waals surface area contributed by atoms with Crippen LogP contribution in [0.15, 0.2) is 47.7 Å². The maximum absolute atomic E-state index is 13.8. The first kappa shape index (κ1) is 20.2. The van der Waals surface area contributed by atoms with Crippen molar-refractivity contribution in [2.75, 3.05) is 5.73 Å². The van der Waals surface area contributed by atoms with Gasteiger partial charge in [0, 0.05) is 42.7 Å². The van der Waals surface area contributed by atoms with Gasteiger partial charge in [-0.05, 0) is 58.9 Å². The van der Waals surface area contributed by atoms with Gasteiger partial charge in [0.1, 0.15) is 0 Å². The lowest BCUT2D eigenvalue weighted by molar-refractivity contribution is 0.601. The van der Waals surface area contributed by atoms with Crippen molar-refractivity contribution in [3.05, 3.63) is 68.2 Å². The first-order chi connectivity index (χ1) is 14.9. The molecule has 0 radical (unpaired) electrons. The molecule has 0 amide bonds. The van der Waals surface area contributed by atoms with E-state index in [9.17, 15) is 4.79 Å². The quantitative estimate of drug-likeness (QED) is 0.396. The normalized spacial score (nSPS) is 14.8. The van der Waals surface area contributed by atoms with Crippen molar-refractivity contribution in [3.63, 3.8) is 0 Å². The van der Waals surface area contributed by atoms with Crippen LogP contribution in [0.2, 0.25) is 0 Å². The zero-order valence-electron chi connectivity index (χ0n) is 17.4. The monoisotopic (exact) mass is 526 g/mol. The van der Waals surface area contributed by atoms with Crippen molar-refractivity contribution in [2.45, 2.75) is 38.1 Å². The summed E-state index contributed by atoms with van der Waals surface area (Å²) in [4.78, 5) is 22.3. The molecule has 3 heterocycles. The lowest BCUT2D eigenvalue weighted by Crippen LogP contribution is -2.25. The summed E-state index contributed by atoms with van der Waals surface area (Å²) in [5.74, 6) is 0.393. The molecule has 2 N–H and O–H groups in total. The number of halogens is 1. The Labute approximate surface area is 193 Å². The number of nitrogen functional groups attached to an aromatic ring is 1. The van der Waals surface area contributed by atoms with E-state index in [0.717, 1.165) is 49.7 Å². The smallest absolute Gasteiger partial charge is 0.259 e. The highest BCUT2D eigenvalue weighted by Crippen LogP contribution is 2.38. The molecule has 31 heavy (non-hydrogen) atoms. The average molecular weight is 526 g/mol. The fourth-order valence-electron chi connectivity index (χ4n) is 4.24. The van der Waals surface area contributed by atoms with Crippen LogP contribution in [0.3, 0.4) is 0 Å². The Morgan fingerprint density at radius 3 is 2.81 bits per heavy atom. The fraction of sp³-hybridized carbons (Fsp3) is 0.304. The van der Waals surface area contributed by atoms with Crippen molar-refractivity contribution in [3.8, 4) is 11.1 Å². The van der Waals surface area contributed by atoms with Crippen molar-refractivity contribution >= 4 is 39.3 Å². The molecule has 0 aliphatic heterocycles. The lowest BCUT2D eigenvalue weighted by atomic mass is 9.95. The van der Waals surface area contributed by atoms with Gasteiger partial charge < -0.3 is 10.3 Å². The zero-order valence-corrected chi connectivity index (χ0v) is 19.6. The third-order valence-electron chi connectivity index (χ3n) is 5.88. The van der Waals surface area contributed by atoms with Gasteiger partial charge in [0.15, 0.2) is 0 Å². The highest BCUT2D eigenvalue weighted by atomic mass is 127. The van der Waals surface area contributed by atoms with E-state index in [1.165, 1.54) is 0 Å². The number of aromatic nitrogens is 5. The van der Waals surface area contributed by atoms with Crippen molar-refractivity contribution in [1.29, 1.82) is 0 Å².